The van der Waals surface area contributed by atoms with E-state index < -0.39 is 11.0 Å². The first-order chi connectivity index (χ1) is 16.6. The number of nitriles is 1. The summed E-state index contributed by atoms with van der Waals surface area (Å²) in [5.41, 5.74) is 2.13. The van der Waals surface area contributed by atoms with Gasteiger partial charge in [-0.1, -0.05) is 19.1 Å². The van der Waals surface area contributed by atoms with Crippen molar-refractivity contribution in [1.29, 1.82) is 5.26 Å². The Labute approximate surface area is 207 Å². The maximum atomic E-state index is 12.9. The van der Waals surface area contributed by atoms with Crippen molar-refractivity contribution in [3.8, 4) is 6.07 Å². The molecule has 1 saturated heterocycles. The molecule has 1 unspecified atom stereocenters. The second-order valence-corrected chi connectivity index (χ2v) is 10.4. The number of hydrogen-bond donors (Lipinski definition) is 2. The second-order valence-electron chi connectivity index (χ2n) is 10.4. The number of likely N-dealkylation sites (tertiary alicyclic amines) is 1. The lowest BCUT2D eigenvalue weighted by Crippen LogP contribution is -2.47. The van der Waals surface area contributed by atoms with Gasteiger partial charge in [-0.15, -0.1) is 0 Å². The van der Waals surface area contributed by atoms with Crippen molar-refractivity contribution in [2.24, 2.45) is 5.92 Å². The topological polar surface area (TPSA) is 107 Å². The molecule has 1 amide bonds. The predicted molar refractivity (Wildman–Crippen MR) is 136 cm³/mol. The standard InChI is InChI=1S/C27H34N6O2/c1-19-5-8-22(9-6-19)33-20(2)23(16-30-33)25(34)31-21-7-10-24(29-15-21)27(17-28)11-13-32(14-12-27)18-26(3,4)35/h5,7-10,15-16,19,35H,6,11-14,18H2,1-4H3,(H,31,34). The maximum Gasteiger partial charge on any atom is 0.259 e. The van der Waals surface area contributed by atoms with E-state index in [1.165, 1.54) is 0 Å². The molecule has 4 rings (SSSR count). The number of piperidine rings is 1. The van der Waals surface area contributed by atoms with E-state index in [4.69, 9.17) is 0 Å². The molecule has 8 nitrogen and oxygen atoms in total. The van der Waals surface area contributed by atoms with Gasteiger partial charge in [-0.05, 0) is 64.2 Å². The van der Waals surface area contributed by atoms with Crippen molar-refractivity contribution >= 4 is 17.3 Å². The van der Waals surface area contributed by atoms with E-state index in [0.717, 1.165) is 36.6 Å². The van der Waals surface area contributed by atoms with Crippen LogP contribution < -0.4 is 5.32 Å². The number of anilines is 1. The molecule has 1 fully saturated rings. The number of carbonyl (C=O) groups excluding carboxylic acids is 1. The zero-order valence-electron chi connectivity index (χ0n) is 21.0. The van der Waals surface area contributed by atoms with Gasteiger partial charge in [0.1, 0.15) is 5.41 Å². The van der Waals surface area contributed by atoms with E-state index in [2.05, 4.69) is 45.4 Å². The molecule has 0 bridgehead atoms. The van der Waals surface area contributed by atoms with Crippen LogP contribution in [0.25, 0.3) is 5.70 Å². The smallest absolute Gasteiger partial charge is 0.259 e. The lowest BCUT2D eigenvalue weighted by molar-refractivity contribution is 0.0244. The minimum Gasteiger partial charge on any atom is -0.389 e. The van der Waals surface area contributed by atoms with Crippen molar-refractivity contribution in [1.82, 2.24) is 19.7 Å². The normalized spacial score (nSPS) is 20.2. The molecule has 2 aromatic heterocycles. The van der Waals surface area contributed by atoms with Crippen LogP contribution in [0.4, 0.5) is 5.69 Å². The van der Waals surface area contributed by atoms with Gasteiger partial charge in [-0.2, -0.15) is 10.4 Å². The highest BCUT2D eigenvalue weighted by molar-refractivity contribution is 6.05. The third kappa shape index (κ3) is 5.53. The molecule has 1 aliphatic carbocycles. The average molecular weight is 475 g/mol. The van der Waals surface area contributed by atoms with Crippen LogP contribution >= 0.6 is 0 Å². The van der Waals surface area contributed by atoms with E-state index >= 15 is 0 Å². The molecule has 0 spiro atoms. The van der Waals surface area contributed by atoms with Crippen molar-refractivity contribution in [3.63, 3.8) is 0 Å². The number of aliphatic hydroxyl groups is 1. The first-order valence-electron chi connectivity index (χ1n) is 12.2. The molecule has 3 heterocycles. The summed E-state index contributed by atoms with van der Waals surface area (Å²) < 4.78 is 1.79. The molecule has 184 valence electrons. The van der Waals surface area contributed by atoms with E-state index in [1.807, 2.05) is 19.1 Å². The number of pyridine rings is 1. The third-order valence-electron chi connectivity index (χ3n) is 6.84. The van der Waals surface area contributed by atoms with Gasteiger partial charge in [0.05, 0.1) is 52.4 Å². The molecule has 0 aromatic carbocycles. The highest BCUT2D eigenvalue weighted by Crippen LogP contribution is 2.34. The van der Waals surface area contributed by atoms with Gasteiger partial charge >= 0.3 is 0 Å². The summed E-state index contributed by atoms with van der Waals surface area (Å²) in [4.78, 5) is 19.7. The molecule has 1 aliphatic heterocycles. The number of hydrogen-bond acceptors (Lipinski definition) is 6. The molecule has 2 aliphatic rings. The number of nitrogens with zero attached hydrogens (tertiary/aromatic N) is 5. The fraction of sp³-hybridized carbons (Fsp3) is 0.481. The van der Waals surface area contributed by atoms with E-state index in [1.54, 1.807) is 37.0 Å². The van der Waals surface area contributed by atoms with Gasteiger partial charge in [0.2, 0.25) is 0 Å². The van der Waals surface area contributed by atoms with Gasteiger partial charge in [-0.3, -0.25) is 9.78 Å². The van der Waals surface area contributed by atoms with Gasteiger partial charge in [0.25, 0.3) is 5.91 Å². The van der Waals surface area contributed by atoms with Crippen LogP contribution in [0, 0.1) is 24.2 Å². The number of rotatable bonds is 6. The zero-order chi connectivity index (χ0) is 25.2. The van der Waals surface area contributed by atoms with Crippen LogP contribution in [0.3, 0.4) is 0 Å². The van der Waals surface area contributed by atoms with Gasteiger partial charge in [0.15, 0.2) is 0 Å². The molecular formula is C27H34N6O2. The van der Waals surface area contributed by atoms with E-state index in [-0.39, 0.29) is 5.91 Å². The summed E-state index contributed by atoms with van der Waals surface area (Å²) in [6.07, 6.45) is 11.8. The molecule has 2 N–H and O–H groups in total. The van der Waals surface area contributed by atoms with Crippen LogP contribution in [-0.4, -0.2) is 55.9 Å². The monoisotopic (exact) mass is 474 g/mol. The highest BCUT2D eigenvalue weighted by Gasteiger charge is 2.38. The van der Waals surface area contributed by atoms with Gasteiger partial charge in [0, 0.05) is 19.6 Å². The minimum absolute atomic E-state index is 0.244. The van der Waals surface area contributed by atoms with Crippen molar-refractivity contribution in [2.75, 3.05) is 25.0 Å². The Morgan fingerprint density at radius 3 is 2.63 bits per heavy atom. The first kappa shape index (κ1) is 24.8. The van der Waals surface area contributed by atoms with E-state index in [0.29, 0.717) is 36.6 Å². The maximum absolute atomic E-state index is 12.9. The minimum atomic E-state index is -0.762. The summed E-state index contributed by atoms with van der Waals surface area (Å²) in [5.74, 6) is 0.264. The number of amides is 1. The van der Waals surface area contributed by atoms with Gasteiger partial charge < -0.3 is 15.3 Å². The Morgan fingerprint density at radius 1 is 1.31 bits per heavy atom. The number of allylic oxidation sites excluding steroid dienone is 4. The molecule has 2 aromatic rings. The fourth-order valence-corrected chi connectivity index (χ4v) is 4.78. The second kappa shape index (κ2) is 9.76. The molecule has 0 saturated carbocycles. The predicted octanol–water partition coefficient (Wildman–Crippen LogP) is 3.90. The lowest BCUT2D eigenvalue weighted by atomic mass is 9.76. The van der Waals surface area contributed by atoms with E-state index in [9.17, 15) is 15.2 Å². The van der Waals surface area contributed by atoms with Crippen molar-refractivity contribution in [2.45, 2.75) is 58.0 Å². The Kier molecular flexibility index (Phi) is 6.93. The number of β-amino-alcohol motifs (C(OH)–C–C–N with tert-alkyl or cyclic N) is 1. The summed E-state index contributed by atoms with van der Waals surface area (Å²) in [6, 6.07) is 6.12. The summed E-state index contributed by atoms with van der Waals surface area (Å²) in [6.45, 7) is 9.68. The van der Waals surface area contributed by atoms with Crippen LogP contribution in [-0.2, 0) is 5.41 Å². The summed E-state index contributed by atoms with van der Waals surface area (Å²) in [5, 5.41) is 27.4. The molecule has 8 heteroatoms. The number of nitrogens with one attached hydrogen (secondary N) is 1. The lowest BCUT2D eigenvalue weighted by Gasteiger charge is -2.39. The first-order valence-corrected chi connectivity index (χ1v) is 12.2. The largest absolute Gasteiger partial charge is 0.389 e. The van der Waals surface area contributed by atoms with Crippen molar-refractivity contribution < 1.29 is 9.90 Å². The molecule has 0 radical (unpaired) electrons. The summed E-state index contributed by atoms with van der Waals surface area (Å²) >= 11 is 0. The molecule has 1 atom stereocenters. The number of carbonyl (C=O) groups is 1. The number of aromatic nitrogens is 3. The molecule has 35 heavy (non-hydrogen) atoms. The van der Waals surface area contributed by atoms with Crippen LogP contribution in [0.1, 0.15) is 61.8 Å². The van der Waals surface area contributed by atoms with Crippen molar-refractivity contribution in [3.05, 3.63) is 59.7 Å². The fourth-order valence-electron chi connectivity index (χ4n) is 4.78. The Hall–Kier alpha value is -3.28. The quantitative estimate of drug-likeness (QED) is 0.658. The Morgan fingerprint density at radius 2 is 2.06 bits per heavy atom. The van der Waals surface area contributed by atoms with Crippen LogP contribution in [0.15, 0.2) is 42.8 Å². The SMILES string of the molecule is Cc1c(C(=O)Nc2ccc(C3(C#N)CCN(CC(C)(C)O)CC3)nc2)cnn1C1=CCC(C)C=C1. The van der Waals surface area contributed by atoms with Gasteiger partial charge in [-0.25, -0.2) is 4.68 Å². The van der Waals surface area contributed by atoms with Crippen LogP contribution in [0.2, 0.25) is 0 Å². The highest BCUT2D eigenvalue weighted by atomic mass is 16.3. The third-order valence-corrected chi connectivity index (χ3v) is 6.84. The average Bonchev–Trinajstić information content (AvgIpc) is 3.21. The Bertz CT molecular complexity index is 1170. The van der Waals surface area contributed by atoms with Crippen LogP contribution in [0.5, 0.6) is 0 Å². The molecular weight excluding hydrogens is 440 g/mol. The zero-order valence-corrected chi connectivity index (χ0v) is 21.0. The Balaban J connectivity index is 1.42. The summed E-state index contributed by atoms with van der Waals surface area (Å²) in [7, 11) is 0.